The van der Waals surface area contributed by atoms with Crippen molar-refractivity contribution in [1.82, 2.24) is 0 Å². The molecule has 1 aromatic carbocycles. The fraction of sp³-hybridized carbons (Fsp3) is 0.500. The van der Waals surface area contributed by atoms with Crippen LogP contribution in [-0.2, 0) is 0 Å². The fourth-order valence-corrected chi connectivity index (χ4v) is 1.76. The van der Waals surface area contributed by atoms with Crippen LogP contribution >= 0.6 is 11.6 Å². The molecule has 0 aliphatic heterocycles. The zero-order valence-electron chi connectivity index (χ0n) is 10.1. The highest BCUT2D eigenvalue weighted by atomic mass is 35.5. The molecule has 5 heteroatoms. The fourth-order valence-electron chi connectivity index (χ4n) is 1.59. The van der Waals surface area contributed by atoms with E-state index in [0.717, 1.165) is 19.3 Å². The van der Waals surface area contributed by atoms with Crippen molar-refractivity contribution in [3.05, 3.63) is 33.3 Å². The van der Waals surface area contributed by atoms with Crippen molar-refractivity contribution in [2.24, 2.45) is 0 Å². The lowest BCUT2D eigenvalue weighted by molar-refractivity contribution is -0.384. The number of anilines is 1. The van der Waals surface area contributed by atoms with Gasteiger partial charge in [-0.1, -0.05) is 31.4 Å². The van der Waals surface area contributed by atoms with Crippen LogP contribution in [0.4, 0.5) is 11.4 Å². The normalized spacial score (nSPS) is 12.2. The highest BCUT2D eigenvalue weighted by Crippen LogP contribution is 2.27. The van der Waals surface area contributed by atoms with Crippen molar-refractivity contribution < 1.29 is 4.92 Å². The average Bonchev–Trinajstić information content (AvgIpc) is 2.29. The Morgan fingerprint density at radius 1 is 1.53 bits per heavy atom. The second kappa shape index (κ2) is 6.45. The van der Waals surface area contributed by atoms with Gasteiger partial charge >= 0.3 is 0 Å². The first-order valence-electron chi connectivity index (χ1n) is 5.75. The van der Waals surface area contributed by atoms with Crippen molar-refractivity contribution in [3.8, 4) is 0 Å². The Labute approximate surface area is 106 Å². The predicted molar refractivity (Wildman–Crippen MR) is 70.7 cm³/mol. The molecule has 0 spiro atoms. The van der Waals surface area contributed by atoms with Gasteiger partial charge in [0.05, 0.1) is 15.6 Å². The molecule has 1 rings (SSSR count). The minimum Gasteiger partial charge on any atom is -0.381 e. The van der Waals surface area contributed by atoms with Crippen LogP contribution in [0, 0.1) is 10.1 Å². The highest BCUT2D eigenvalue weighted by molar-refractivity contribution is 6.33. The van der Waals surface area contributed by atoms with Crippen LogP contribution < -0.4 is 5.32 Å². The van der Waals surface area contributed by atoms with E-state index in [1.165, 1.54) is 12.1 Å². The number of nitro groups is 1. The van der Waals surface area contributed by atoms with E-state index in [1.807, 2.05) is 6.92 Å². The summed E-state index contributed by atoms with van der Waals surface area (Å²) in [4.78, 5) is 10.2. The van der Waals surface area contributed by atoms with E-state index in [1.54, 1.807) is 6.07 Å². The van der Waals surface area contributed by atoms with Gasteiger partial charge in [-0.05, 0) is 19.4 Å². The summed E-state index contributed by atoms with van der Waals surface area (Å²) in [5.41, 5.74) is 0.684. The Morgan fingerprint density at radius 3 is 2.82 bits per heavy atom. The topological polar surface area (TPSA) is 55.2 Å². The lowest BCUT2D eigenvalue weighted by Gasteiger charge is -2.15. The Kier molecular flexibility index (Phi) is 5.22. The number of halogens is 1. The van der Waals surface area contributed by atoms with Gasteiger partial charge in [0, 0.05) is 18.2 Å². The molecule has 94 valence electrons. The molecule has 0 amide bonds. The monoisotopic (exact) mass is 256 g/mol. The van der Waals surface area contributed by atoms with Gasteiger partial charge in [0.15, 0.2) is 0 Å². The van der Waals surface area contributed by atoms with Crippen LogP contribution in [0.3, 0.4) is 0 Å². The van der Waals surface area contributed by atoms with Crippen LogP contribution in [-0.4, -0.2) is 11.0 Å². The summed E-state index contributed by atoms with van der Waals surface area (Å²) in [6.45, 7) is 4.18. The molecule has 1 aromatic rings. The quantitative estimate of drug-likeness (QED) is 0.612. The van der Waals surface area contributed by atoms with Crippen LogP contribution in [0.1, 0.15) is 33.1 Å². The standard InChI is InChI=1S/C12H17ClN2O2/c1-3-4-5-9(2)14-12-8-10(15(16)17)6-7-11(12)13/h6-9,14H,3-5H2,1-2H3. The second-order valence-corrected chi connectivity index (χ2v) is 4.52. The molecule has 0 aromatic heterocycles. The van der Waals surface area contributed by atoms with Crippen LogP contribution in [0.2, 0.25) is 5.02 Å². The molecule has 1 atom stereocenters. The van der Waals surface area contributed by atoms with Gasteiger partial charge in [0.1, 0.15) is 0 Å². The number of unbranched alkanes of at least 4 members (excludes halogenated alkanes) is 1. The molecule has 17 heavy (non-hydrogen) atoms. The van der Waals surface area contributed by atoms with Crippen LogP contribution in [0.15, 0.2) is 18.2 Å². The van der Waals surface area contributed by atoms with Gasteiger partial charge in [0.25, 0.3) is 5.69 Å². The highest BCUT2D eigenvalue weighted by Gasteiger charge is 2.11. The molecule has 1 unspecified atom stereocenters. The van der Waals surface area contributed by atoms with Gasteiger partial charge in [-0.3, -0.25) is 10.1 Å². The summed E-state index contributed by atoms with van der Waals surface area (Å²) < 4.78 is 0. The minimum atomic E-state index is -0.418. The first kappa shape index (κ1) is 13.8. The molecule has 0 bridgehead atoms. The molecule has 0 heterocycles. The molecule has 0 fully saturated rings. The van der Waals surface area contributed by atoms with Crippen molar-refractivity contribution in [2.75, 3.05) is 5.32 Å². The zero-order valence-corrected chi connectivity index (χ0v) is 10.8. The van der Waals surface area contributed by atoms with Crippen molar-refractivity contribution in [3.63, 3.8) is 0 Å². The third kappa shape index (κ3) is 4.23. The maximum absolute atomic E-state index is 10.7. The summed E-state index contributed by atoms with van der Waals surface area (Å²) in [7, 11) is 0. The summed E-state index contributed by atoms with van der Waals surface area (Å²) in [5.74, 6) is 0. The van der Waals surface area contributed by atoms with Gasteiger partial charge in [-0.15, -0.1) is 0 Å². The van der Waals surface area contributed by atoms with E-state index in [4.69, 9.17) is 11.6 Å². The van der Waals surface area contributed by atoms with Gasteiger partial charge in [-0.2, -0.15) is 0 Å². The van der Waals surface area contributed by atoms with E-state index in [9.17, 15) is 10.1 Å². The Bertz CT molecular complexity index is 396. The summed E-state index contributed by atoms with van der Waals surface area (Å²) in [6.07, 6.45) is 3.28. The summed E-state index contributed by atoms with van der Waals surface area (Å²) >= 11 is 5.99. The first-order chi connectivity index (χ1) is 8.04. The number of non-ortho nitro benzene ring substituents is 1. The molecule has 0 aliphatic carbocycles. The van der Waals surface area contributed by atoms with Crippen molar-refractivity contribution in [2.45, 2.75) is 39.2 Å². The van der Waals surface area contributed by atoms with Crippen LogP contribution in [0.25, 0.3) is 0 Å². The van der Waals surface area contributed by atoms with E-state index in [0.29, 0.717) is 10.7 Å². The van der Waals surface area contributed by atoms with Crippen LogP contribution in [0.5, 0.6) is 0 Å². The largest absolute Gasteiger partial charge is 0.381 e. The van der Waals surface area contributed by atoms with Crippen molar-refractivity contribution >= 4 is 23.0 Å². The number of rotatable bonds is 6. The number of hydrogen-bond donors (Lipinski definition) is 1. The smallest absolute Gasteiger partial charge is 0.271 e. The lowest BCUT2D eigenvalue weighted by atomic mass is 10.1. The SMILES string of the molecule is CCCCC(C)Nc1cc([N+](=O)[O-])ccc1Cl. The molecular formula is C12H17ClN2O2. The van der Waals surface area contributed by atoms with E-state index < -0.39 is 4.92 Å². The van der Waals surface area contributed by atoms with Gasteiger partial charge < -0.3 is 5.32 Å². The number of benzene rings is 1. The molecule has 0 saturated heterocycles. The summed E-state index contributed by atoms with van der Waals surface area (Å²) in [6, 6.07) is 4.69. The molecular weight excluding hydrogens is 240 g/mol. The Balaban J connectivity index is 2.75. The van der Waals surface area contributed by atoms with E-state index in [-0.39, 0.29) is 11.7 Å². The summed E-state index contributed by atoms with van der Waals surface area (Å²) in [5, 5.41) is 14.4. The molecule has 0 saturated carbocycles. The Hall–Kier alpha value is -1.29. The maximum atomic E-state index is 10.7. The van der Waals surface area contributed by atoms with E-state index in [2.05, 4.69) is 12.2 Å². The molecule has 0 radical (unpaired) electrons. The predicted octanol–water partition coefficient (Wildman–Crippen LogP) is 4.24. The zero-order chi connectivity index (χ0) is 12.8. The average molecular weight is 257 g/mol. The van der Waals surface area contributed by atoms with Gasteiger partial charge in [-0.25, -0.2) is 0 Å². The van der Waals surface area contributed by atoms with E-state index >= 15 is 0 Å². The molecule has 4 nitrogen and oxygen atoms in total. The minimum absolute atomic E-state index is 0.0552. The van der Waals surface area contributed by atoms with Gasteiger partial charge in [0.2, 0.25) is 0 Å². The third-order valence-corrected chi connectivity index (χ3v) is 2.88. The molecule has 0 aliphatic rings. The number of nitrogens with one attached hydrogen (secondary N) is 1. The third-order valence-electron chi connectivity index (χ3n) is 2.55. The number of nitro benzene ring substituents is 1. The first-order valence-corrected chi connectivity index (χ1v) is 6.13. The lowest BCUT2D eigenvalue weighted by Crippen LogP contribution is -2.15. The number of nitrogens with zero attached hydrogens (tertiary/aromatic N) is 1. The number of hydrogen-bond acceptors (Lipinski definition) is 3. The second-order valence-electron chi connectivity index (χ2n) is 4.11. The molecule has 1 N–H and O–H groups in total. The maximum Gasteiger partial charge on any atom is 0.271 e. The Morgan fingerprint density at radius 2 is 2.24 bits per heavy atom. The van der Waals surface area contributed by atoms with Crippen molar-refractivity contribution in [1.29, 1.82) is 0 Å².